The molecule has 5 heteroatoms. The molecule has 0 saturated heterocycles. The highest BCUT2D eigenvalue weighted by atomic mass is 16.5. The minimum absolute atomic E-state index is 0.674. The molecule has 21 heavy (non-hydrogen) atoms. The summed E-state index contributed by atoms with van der Waals surface area (Å²) in [6.07, 6.45) is 0. The molecule has 2 aromatic rings. The standard InChI is InChI=1S/C16H22N4O/c1-4-20(10-11-21-3)15-12-14(17-2)18-16(19-15)13-8-6-5-7-9-13/h5-9,12H,4,10-11H2,1-3H3,(H,17,18,19). The maximum Gasteiger partial charge on any atom is 0.163 e. The lowest BCUT2D eigenvalue weighted by molar-refractivity contribution is 0.205. The van der Waals surface area contributed by atoms with Gasteiger partial charge in [-0.15, -0.1) is 0 Å². The normalized spacial score (nSPS) is 10.4. The number of hydrogen-bond donors (Lipinski definition) is 1. The number of anilines is 2. The van der Waals surface area contributed by atoms with Gasteiger partial charge in [0, 0.05) is 38.9 Å². The molecule has 0 aliphatic carbocycles. The molecule has 0 atom stereocenters. The van der Waals surface area contributed by atoms with E-state index in [1.54, 1.807) is 7.11 Å². The van der Waals surface area contributed by atoms with Crippen LogP contribution in [0.1, 0.15) is 6.92 Å². The topological polar surface area (TPSA) is 50.3 Å². The van der Waals surface area contributed by atoms with Gasteiger partial charge in [-0.25, -0.2) is 9.97 Å². The van der Waals surface area contributed by atoms with Crippen molar-refractivity contribution in [3.05, 3.63) is 36.4 Å². The van der Waals surface area contributed by atoms with Gasteiger partial charge in [-0.05, 0) is 6.92 Å². The minimum Gasteiger partial charge on any atom is -0.383 e. The summed E-state index contributed by atoms with van der Waals surface area (Å²) < 4.78 is 5.17. The molecular weight excluding hydrogens is 264 g/mol. The number of hydrogen-bond acceptors (Lipinski definition) is 5. The molecule has 2 rings (SSSR count). The third kappa shape index (κ3) is 3.92. The van der Waals surface area contributed by atoms with E-state index >= 15 is 0 Å². The van der Waals surface area contributed by atoms with Crippen LogP contribution < -0.4 is 10.2 Å². The van der Waals surface area contributed by atoms with Crippen LogP contribution in [0.5, 0.6) is 0 Å². The lowest BCUT2D eigenvalue weighted by Crippen LogP contribution is -2.28. The van der Waals surface area contributed by atoms with Crippen LogP contribution in [0, 0.1) is 0 Å². The zero-order valence-electron chi connectivity index (χ0n) is 12.8. The number of nitrogens with zero attached hydrogens (tertiary/aromatic N) is 3. The Morgan fingerprint density at radius 2 is 1.95 bits per heavy atom. The highest BCUT2D eigenvalue weighted by Crippen LogP contribution is 2.22. The smallest absolute Gasteiger partial charge is 0.163 e. The number of ether oxygens (including phenoxy) is 1. The SMILES string of the molecule is CCN(CCOC)c1cc(NC)nc(-c2ccccc2)n1. The molecule has 1 aromatic carbocycles. The highest BCUT2D eigenvalue weighted by molar-refractivity contribution is 5.61. The molecule has 1 heterocycles. The minimum atomic E-state index is 0.674. The van der Waals surface area contributed by atoms with Gasteiger partial charge < -0.3 is 15.0 Å². The molecule has 0 fully saturated rings. The van der Waals surface area contributed by atoms with E-state index in [1.165, 1.54) is 0 Å². The van der Waals surface area contributed by atoms with Crippen molar-refractivity contribution in [2.45, 2.75) is 6.92 Å². The van der Waals surface area contributed by atoms with Crippen molar-refractivity contribution in [1.29, 1.82) is 0 Å². The quantitative estimate of drug-likeness (QED) is 0.848. The first kappa shape index (κ1) is 15.3. The lowest BCUT2D eigenvalue weighted by Gasteiger charge is -2.22. The van der Waals surface area contributed by atoms with Crippen molar-refractivity contribution >= 4 is 11.6 Å². The second kappa shape index (κ2) is 7.59. The second-order valence-corrected chi connectivity index (χ2v) is 4.62. The van der Waals surface area contributed by atoms with Crippen LogP contribution >= 0.6 is 0 Å². The molecule has 1 N–H and O–H groups in total. The summed E-state index contributed by atoms with van der Waals surface area (Å²) >= 11 is 0. The molecule has 0 bridgehead atoms. The van der Waals surface area contributed by atoms with Gasteiger partial charge in [0.2, 0.25) is 0 Å². The summed E-state index contributed by atoms with van der Waals surface area (Å²) in [5.41, 5.74) is 1.01. The number of methoxy groups -OCH3 is 1. The predicted molar refractivity (Wildman–Crippen MR) is 86.8 cm³/mol. The number of likely N-dealkylation sites (N-methyl/N-ethyl adjacent to an activating group) is 1. The Morgan fingerprint density at radius 3 is 2.57 bits per heavy atom. The number of rotatable bonds is 7. The third-order valence-corrected chi connectivity index (χ3v) is 3.27. The van der Waals surface area contributed by atoms with E-state index in [-0.39, 0.29) is 0 Å². The van der Waals surface area contributed by atoms with Crippen molar-refractivity contribution in [2.24, 2.45) is 0 Å². The Labute approximate surface area is 126 Å². The van der Waals surface area contributed by atoms with E-state index in [0.29, 0.717) is 6.61 Å². The molecule has 0 aliphatic heterocycles. The molecule has 0 saturated carbocycles. The monoisotopic (exact) mass is 286 g/mol. The molecule has 1 aromatic heterocycles. The Morgan fingerprint density at radius 1 is 1.19 bits per heavy atom. The van der Waals surface area contributed by atoms with E-state index in [9.17, 15) is 0 Å². The average Bonchev–Trinajstić information content (AvgIpc) is 2.56. The van der Waals surface area contributed by atoms with Gasteiger partial charge in [-0.3, -0.25) is 0 Å². The van der Waals surface area contributed by atoms with Crippen LogP contribution in [0.3, 0.4) is 0 Å². The Hall–Kier alpha value is -2.14. The van der Waals surface area contributed by atoms with Crippen molar-refractivity contribution in [1.82, 2.24) is 9.97 Å². The van der Waals surface area contributed by atoms with Crippen LogP contribution in [0.15, 0.2) is 36.4 Å². The highest BCUT2D eigenvalue weighted by Gasteiger charge is 2.11. The van der Waals surface area contributed by atoms with Crippen LogP contribution in [-0.4, -0.2) is 43.8 Å². The van der Waals surface area contributed by atoms with Gasteiger partial charge >= 0.3 is 0 Å². The number of nitrogens with one attached hydrogen (secondary N) is 1. The molecule has 112 valence electrons. The van der Waals surface area contributed by atoms with E-state index in [1.807, 2.05) is 43.4 Å². The van der Waals surface area contributed by atoms with Gasteiger partial charge in [-0.2, -0.15) is 0 Å². The maximum absolute atomic E-state index is 5.17. The Balaban J connectivity index is 2.37. The third-order valence-electron chi connectivity index (χ3n) is 3.27. The van der Waals surface area contributed by atoms with E-state index in [0.717, 1.165) is 36.1 Å². The van der Waals surface area contributed by atoms with Crippen LogP contribution in [0.25, 0.3) is 11.4 Å². The largest absolute Gasteiger partial charge is 0.383 e. The van der Waals surface area contributed by atoms with E-state index in [2.05, 4.69) is 22.1 Å². The van der Waals surface area contributed by atoms with Crippen LogP contribution in [0.2, 0.25) is 0 Å². The van der Waals surface area contributed by atoms with Crippen LogP contribution in [-0.2, 0) is 4.74 Å². The van der Waals surface area contributed by atoms with Crippen molar-refractivity contribution in [2.75, 3.05) is 44.1 Å². The van der Waals surface area contributed by atoms with Crippen molar-refractivity contribution in [3.8, 4) is 11.4 Å². The fourth-order valence-corrected chi connectivity index (χ4v) is 2.08. The molecule has 0 spiro atoms. The summed E-state index contributed by atoms with van der Waals surface area (Å²) in [4.78, 5) is 11.4. The molecular formula is C16H22N4O. The zero-order valence-corrected chi connectivity index (χ0v) is 12.8. The lowest BCUT2D eigenvalue weighted by atomic mass is 10.2. The molecule has 0 amide bonds. The maximum atomic E-state index is 5.17. The zero-order chi connectivity index (χ0) is 15.1. The molecule has 0 aliphatic rings. The molecule has 0 unspecified atom stereocenters. The Bertz CT molecular complexity index is 559. The van der Waals surface area contributed by atoms with E-state index < -0.39 is 0 Å². The van der Waals surface area contributed by atoms with Crippen molar-refractivity contribution in [3.63, 3.8) is 0 Å². The first-order chi connectivity index (χ1) is 10.3. The van der Waals surface area contributed by atoms with Gasteiger partial charge in [0.15, 0.2) is 5.82 Å². The second-order valence-electron chi connectivity index (χ2n) is 4.62. The Kier molecular flexibility index (Phi) is 5.51. The van der Waals surface area contributed by atoms with Gasteiger partial charge in [0.1, 0.15) is 11.6 Å². The number of benzene rings is 1. The summed E-state index contributed by atoms with van der Waals surface area (Å²) in [6, 6.07) is 12.0. The van der Waals surface area contributed by atoms with E-state index in [4.69, 9.17) is 9.72 Å². The first-order valence-corrected chi connectivity index (χ1v) is 7.14. The molecule has 0 radical (unpaired) electrons. The van der Waals surface area contributed by atoms with Gasteiger partial charge in [0.25, 0.3) is 0 Å². The molecule has 5 nitrogen and oxygen atoms in total. The fourth-order valence-electron chi connectivity index (χ4n) is 2.08. The summed E-state index contributed by atoms with van der Waals surface area (Å²) in [5, 5.41) is 3.10. The van der Waals surface area contributed by atoms with Gasteiger partial charge in [-0.1, -0.05) is 30.3 Å². The summed E-state index contributed by atoms with van der Waals surface area (Å²) in [7, 11) is 3.58. The number of aromatic nitrogens is 2. The first-order valence-electron chi connectivity index (χ1n) is 7.14. The van der Waals surface area contributed by atoms with Gasteiger partial charge in [0.05, 0.1) is 6.61 Å². The van der Waals surface area contributed by atoms with Crippen LogP contribution in [0.4, 0.5) is 11.6 Å². The summed E-state index contributed by atoms with van der Waals surface area (Å²) in [6.45, 7) is 4.46. The average molecular weight is 286 g/mol. The predicted octanol–water partition coefficient (Wildman–Crippen LogP) is 2.66. The van der Waals surface area contributed by atoms with Crippen molar-refractivity contribution < 1.29 is 4.74 Å². The fraction of sp³-hybridized carbons (Fsp3) is 0.375. The summed E-state index contributed by atoms with van der Waals surface area (Å²) in [5.74, 6) is 2.45.